The van der Waals surface area contributed by atoms with Gasteiger partial charge in [0.25, 0.3) is 0 Å². The predicted octanol–water partition coefficient (Wildman–Crippen LogP) is 1.46. The number of nitrogens with two attached hydrogens (primary N) is 1. The zero-order valence-corrected chi connectivity index (χ0v) is 9.41. The predicted molar refractivity (Wildman–Crippen MR) is 61.2 cm³/mol. The SMILES string of the molecule is CC(CN)CSCC1CCCCN1. The summed E-state index contributed by atoms with van der Waals surface area (Å²) in [4.78, 5) is 0. The molecule has 1 aliphatic rings. The molecular weight excluding hydrogens is 180 g/mol. The van der Waals surface area contributed by atoms with Gasteiger partial charge in [-0.1, -0.05) is 13.3 Å². The van der Waals surface area contributed by atoms with Gasteiger partial charge in [0.15, 0.2) is 0 Å². The van der Waals surface area contributed by atoms with Crippen molar-refractivity contribution in [2.45, 2.75) is 32.2 Å². The van der Waals surface area contributed by atoms with Crippen LogP contribution >= 0.6 is 11.8 Å². The van der Waals surface area contributed by atoms with Gasteiger partial charge in [-0.3, -0.25) is 0 Å². The molecule has 0 radical (unpaired) electrons. The zero-order chi connectivity index (χ0) is 9.52. The fourth-order valence-electron chi connectivity index (χ4n) is 1.55. The lowest BCUT2D eigenvalue weighted by Crippen LogP contribution is -2.36. The van der Waals surface area contributed by atoms with E-state index < -0.39 is 0 Å². The fraction of sp³-hybridized carbons (Fsp3) is 1.00. The molecule has 2 nitrogen and oxygen atoms in total. The van der Waals surface area contributed by atoms with Crippen LogP contribution in [0.2, 0.25) is 0 Å². The van der Waals surface area contributed by atoms with E-state index in [-0.39, 0.29) is 0 Å². The van der Waals surface area contributed by atoms with Gasteiger partial charge >= 0.3 is 0 Å². The van der Waals surface area contributed by atoms with Crippen molar-refractivity contribution in [1.29, 1.82) is 0 Å². The Morgan fingerprint density at radius 3 is 3.00 bits per heavy atom. The summed E-state index contributed by atoms with van der Waals surface area (Å²) in [7, 11) is 0. The lowest BCUT2D eigenvalue weighted by molar-refractivity contribution is 0.429. The summed E-state index contributed by atoms with van der Waals surface area (Å²) in [6, 6.07) is 0.767. The monoisotopic (exact) mass is 202 g/mol. The Hall–Kier alpha value is 0.270. The van der Waals surface area contributed by atoms with Crippen LogP contribution in [0, 0.1) is 5.92 Å². The Bertz CT molecular complexity index is 124. The molecule has 0 spiro atoms. The van der Waals surface area contributed by atoms with E-state index in [0.717, 1.165) is 12.6 Å². The second kappa shape index (κ2) is 6.68. The van der Waals surface area contributed by atoms with Crippen molar-refractivity contribution in [2.75, 3.05) is 24.6 Å². The summed E-state index contributed by atoms with van der Waals surface area (Å²) in [5.74, 6) is 3.16. The van der Waals surface area contributed by atoms with Crippen LogP contribution < -0.4 is 11.1 Å². The Kier molecular flexibility index (Phi) is 5.83. The lowest BCUT2D eigenvalue weighted by atomic mass is 10.1. The smallest absolute Gasteiger partial charge is 0.0158 e. The van der Waals surface area contributed by atoms with Crippen molar-refractivity contribution < 1.29 is 0 Å². The molecule has 1 fully saturated rings. The van der Waals surface area contributed by atoms with E-state index >= 15 is 0 Å². The molecule has 0 aromatic carbocycles. The van der Waals surface area contributed by atoms with Crippen LogP contribution in [0.3, 0.4) is 0 Å². The highest BCUT2D eigenvalue weighted by Crippen LogP contribution is 2.14. The molecule has 2 unspecified atom stereocenters. The van der Waals surface area contributed by atoms with E-state index in [9.17, 15) is 0 Å². The summed E-state index contributed by atoms with van der Waals surface area (Å²) in [6.07, 6.45) is 4.13. The molecule has 0 aliphatic carbocycles. The van der Waals surface area contributed by atoms with Gasteiger partial charge in [-0.15, -0.1) is 0 Å². The maximum absolute atomic E-state index is 5.56. The molecule has 0 aromatic heterocycles. The first kappa shape index (κ1) is 11.3. The molecule has 1 saturated heterocycles. The van der Waals surface area contributed by atoms with Crippen molar-refractivity contribution in [2.24, 2.45) is 11.7 Å². The zero-order valence-electron chi connectivity index (χ0n) is 8.59. The van der Waals surface area contributed by atoms with E-state index in [1.807, 2.05) is 11.8 Å². The van der Waals surface area contributed by atoms with Crippen LogP contribution in [0.4, 0.5) is 0 Å². The van der Waals surface area contributed by atoms with Crippen molar-refractivity contribution in [3.63, 3.8) is 0 Å². The maximum Gasteiger partial charge on any atom is 0.0158 e. The molecule has 1 aliphatic heterocycles. The van der Waals surface area contributed by atoms with Crippen molar-refractivity contribution >= 4 is 11.8 Å². The minimum atomic E-state index is 0.675. The lowest BCUT2D eigenvalue weighted by Gasteiger charge is -2.23. The van der Waals surface area contributed by atoms with Crippen molar-refractivity contribution in [1.82, 2.24) is 5.32 Å². The molecule has 3 heteroatoms. The van der Waals surface area contributed by atoms with Gasteiger partial charge in [0.05, 0.1) is 0 Å². The maximum atomic E-state index is 5.56. The van der Waals surface area contributed by atoms with Crippen LogP contribution in [0.15, 0.2) is 0 Å². The van der Waals surface area contributed by atoms with Gasteiger partial charge in [0, 0.05) is 11.8 Å². The molecule has 3 N–H and O–H groups in total. The molecule has 0 bridgehead atoms. The van der Waals surface area contributed by atoms with Crippen LogP contribution in [0.25, 0.3) is 0 Å². The average molecular weight is 202 g/mol. The normalized spacial score (nSPS) is 25.8. The largest absolute Gasteiger partial charge is 0.330 e. The molecule has 0 amide bonds. The van der Waals surface area contributed by atoms with E-state index in [4.69, 9.17) is 5.73 Å². The number of piperidine rings is 1. The first-order valence-electron chi connectivity index (χ1n) is 5.34. The highest BCUT2D eigenvalue weighted by atomic mass is 32.2. The van der Waals surface area contributed by atoms with Crippen LogP contribution in [-0.4, -0.2) is 30.6 Å². The third-order valence-corrected chi connectivity index (χ3v) is 3.98. The van der Waals surface area contributed by atoms with Gasteiger partial charge in [-0.25, -0.2) is 0 Å². The van der Waals surface area contributed by atoms with Crippen molar-refractivity contribution in [3.05, 3.63) is 0 Å². The molecule has 2 atom stereocenters. The fourth-order valence-corrected chi connectivity index (χ4v) is 2.79. The minimum Gasteiger partial charge on any atom is -0.330 e. The van der Waals surface area contributed by atoms with Gasteiger partial charge in [-0.05, 0) is 37.6 Å². The van der Waals surface area contributed by atoms with Crippen molar-refractivity contribution in [3.8, 4) is 0 Å². The number of nitrogens with one attached hydrogen (secondary N) is 1. The highest BCUT2D eigenvalue weighted by Gasteiger charge is 2.12. The topological polar surface area (TPSA) is 38.0 Å². The second-order valence-electron chi connectivity index (χ2n) is 4.03. The Morgan fingerprint density at radius 2 is 2.38 bits per heavy atom. The summed E-state index contributed by atoms with van der Waals surface area (Å²) >= 11 is 2.05. The number of rotatable bonds is 5. The Labute approximate surface area is 86.0 Å². The van der Waals surface area contributed by atoms with E-state index in [1.165, 1.54) is 37.3 Å². The van der Waals surface area contributed by atoms with Gasteiger partial charge in [0.1, 0.15) is 0 Å². The molecule has 0 aromatic rings. The van der Waals surface area contributed by atoms with Crippen LogP contribution in [0.5, 0.6) is 0 Å². The minimum absolute atomic E-state index is 0.675. The Balaban J connectivity index is 1.98. The van der Waals surface area contributed by atoms with E-state index in [0.29, 0.717) is 5.92 Å². The van der Waals surface area contributed by atoms with Crippen LogP contribution in [0.1, 0.15) is 26.2 Å². The third-order valence-electron chi connectivity index (χ3n) is 2.54. The molecule has 13 heavy (non-hydrogen) atoms. The third kappa shape index (κ3) is 4.89. The second-order valence-corrected chi connectivity index (χ2v) is 5.10. The average Bonchev–Trinajstić information content (AvgIpc) is 2.19. The van der Waals surface area contributed by atoms with Gasteiger partial charge < -0.3 is 11.1 Å². The number of hydrogen-bond donors (Lipinski definition) is 2. The standard InChI is InChI=1S/C10H22N2S/c1-9(6-11)7-13-8-10-4-2-3-5-12-10/h9-10,12H,2-8,11H2,1H3. The molecule has 1 heterocycles. The molecule has 0 saturated carbocycles. The molecular formula is C10H22N2S. The number of thioether (sulfide) groups is 1. The Morgan fingerprint density at radius 1 is 1.54 bits per heavy atom. The van der Waals surface area contributed by atoms with Crippen LogP contribution in [-0.2, 0) is 0 Å². The van der Waals surface area contributed by atoms with Gasteiger partial charge in [0.2, 0.25) is 0 Å². The highest BCUT2D eigenvalue weighted by molar-refractivity contribution is 7.99. The summed E-state index contributed by atoms with van der Waals surface area (Å²) in [6.45, 7) is 4.27. The van der Waals surface area contributed by atoms with E-state index in [2.05, 4.69) is 12.2 Å². The quantitative estimate of drug-likeness (QED) is 0.709. The summed E-state index contributed by atoms with van der Waals surface area (Å²) < 4.78 is 0. The first-order valence-corrected chi connectivity index (χ1v) is 6.49. The van der Waals surface area contributed by atoms with Gasteiger partial charge in [-0.2, -0.15) is 11.8 Å². The van der Waals surface area contributed by atoms with E-state index in [1.54, 1.807) is 0 Å². The summed E-state index contributed by atoms with van der Waals surface area (Å²) in [5, 5.41) is 3.56. The first-order chi connectivity index (χ1) is 6.33. The molecule has 78 valence electrons. The summed E-state index contributed by atoms with van der Waals surface area (Å²) in [5.41, 5.74) is 5.56. The number of hydrogen-bond acceptors (Lipinski definition) is 3. The molecule has 1 rings (SSSR count).